The van der Waals surface area contributed by atoms with Crippen molar-refractivity contribution < 1.29 is 29.4 Å². The number of para-hydroxylation sites is 1. The molecular weight excluding hydrogens is 550 g/mol. The lowest BCUT2D eigenvalue weighted by Crippen LogP contribution is -2.58. The van der Waals surface area contributed by atoms with Crippen LogP contribution in [0.4, 0.5) is 0 Å². The molecule has 0 radical (unpaired) electrons. The Morgan fingerprint density at radius 2 is 1.49 bits per heavy atom. The molecule has 0 fully saturated rings. The summed E-state index contributed by atoms with van der Waals surface area (Å²) in [7, 11) is 0. The van der Waals surface area contributed by atoms with Gasteiger partial charge in [-0.3, -0.25) is 14.4 Å². The number of phenolic OH excluding ortho intramolecular Hbond substituents is 1. The number of phenols is 1. The number of fused-ring (bicyclic) bond motifs is 1. The molecule has 2 aromatic carbocycles. The molecule has 0 aliphatic heterocycles. The number of rotatable bonds is 15. The Kier molecular flexibility index (Phi) is 11.7. The Morgan fingerprint density at radius 3 is 2.12 bits per heavy atom. The average Bonchev–Trinajstić information content (AvgIpc) is 3.38. The van der Waals surface area contributed by atoms with Gasteiger partial charge in [0.15, 0.2) is 0 Å². The summed E-state index contributed by atoms with van der Waals surface area (Å²) in [6.45, 7) is 7.39. The maximum Gasteiger partial charge on any atom is 0.326 e. The number of nitrogens with one attached hydrogen (secondary N) is 4. The summed E-state index contributed by atoms with van der Waals surface area (Å²) < 4.78 is 0. The summed E-state index contributed by atoms with van der Waals surface area (Å²) in [4.78, 5) is 55.4. The van der Waals surface area contributed by atoms with Crippen LogP contribution >= 0.6 is 0 Å². The van der Waals surface area contributed by atoms with Crippen molar-refractivity contribution in [1.29, 1.82) is 0 Å². The number of nitrogens with two attached hydrogens (primary N) is 1. The Labute approximate surface area is 251 Å². The van der Waals surface area contributed by atoms with Crippen LogP contribution in [0.5, 0.6) is 5.75 Å². The van der Waals surface area contributed by atoms with E-state index in [2.05, 4.69) is 20.9 Å². The molecule has 0 saturated carbocycles. The Balaban J connectivity index is 1.82. The smallest absolute Gasteiger partial charge is 0.326 e. The Hall–Kier alpha value is -4.38. The fourth-order valence-corrected chi connectivity index (χ4v) is 4.90. The number of H-pyrrole nitrogens is 1. The first-order valence-electron chi connectivity index (χ1n) is 14.6. The third-order valence-electron chi connectivity index (χ3n) is 7.58. The van der Waals surface area contributed by atoms with E-state index < -0.39 is 47.9 Å². The van der Waals surface area contributed by atoms with Gasteiger partial charge in [0.05, 0.1) is 6.04 Å². The van der Waals surface area contributed by atoms with Gasteiger partial charge in [-0.05, 0) is 54.0 Å². The molecular formula is C32H43N5O6. The zero-order chi connectivity index (χ0) is 31.7. The molecule has 5 atom stereocenters. The van der Waals surface area contributed by atoms with E-state index >= 15 is 0 Å². The number of hydrogen-bond acceptors (Lipinski definition) is 6. The molecule has 8 N–H and O–H groups in total. The molecule has 1 heterocycles. The number of aromatic amines is 1. The van der Waals surface area contributed by atoms with Crippen molar-refractivity contribution in [2.75, 3.05) is 0 Å². The van der Waals surface area contributed by atoms with Crippen molar-refractivity contribution in [3.63, 3.8) is 0 Å². The van der Waals surface area contributed by atoms with E-state index in [4.69, 9.17) is 5.73 Å². The molecule has 1 aromatic heterocycles. The summed E-state index contributed by atoms with van der Waals surface area (Å²) in [5.41, 5.74) is 8.53. The molecule has 3 rings (SSSR count). The van der Waals surface area contributed by atoms with Gasteiger partial charge in [0.25, 0.3) is 0 Å². The zero-order valence-corrected chi connectivity index (χ0v) is 25.1. The van der Waals surface area contributed by atoms with Crippen molar-refractivity contribution >= 4 is 34.6 Å². The van der Waals surface area contributed by atoms with Crippen LogP contribution < -0.4 is 21.7 Å². The Bertz CT molecular complexity index is 1400. The van der Waals surface area contributed by atoms with Gasteiger partial charge in [0.2, 0.25) is 17.7 Å². The maximum absolute atomic E-state index is 13.7. The van der Waals surface area contributed by atoms with Crippen LogP contribution in [0.1, 0.15) is 51.7 Å². The third kappa shape index (κ3) is 9.31. The fourth-order valence-electron chi connectivity index (χ4n) is 4.90. The van der Waals surface area contributed by atoms with E-state index in [0.29, 0.717) is 6.42 Å². The standard InChI is InChI=1S/C32H43N5O6/c1-5-19(4)28(32(42)43)37-31(41)27(16-21-17-34-25-9-7-6-8-23(21)25)36-30(40)26(14-18(2)3)35-29(39)24(33)15-20-10-12-22(38)13-11-20/h6-13,17-19,24,26-28,34,38H,5,14-16,33H2,1-4H3,(H,35,39)(H,36,40)(H,37,41)(H,42,43). The number of amides is 3. The number of aromatic hydroxyl groups is 1. The third-order valence-corrected chi connectivity index (χ3v) is 7.58. The van der Waals surface area contributed by atoms with Gasteiger partial charge in [-0.1, -0.05) is 64.4 Å². The molecule has 43 heavy (non-hydrogen) atoms. The van der Waals surface area contributed by atoms with Gasteiger partial charge in [-0.15, -0.1) is 0 Å². The second-order valence-electron chi connectivity index (χ2n) is 11.5. The molecule has 11 heteroatoms. The molecule has 3 amide bonds. The first kappa shape index (κ1) is 33.1. The monoisotopic (exact) mass is 593 g/mol. The van der Waals surface area contributed by atoms with Crippen molar-refractivity contribution in [2.24, 2.45) is 17.6 Å². The maximum atomic E-state index is 13.7. The number of carbonyl (C=O) groups excluding carboxylic acids is 3. The summed E-state index contributed by atoms with van der Waals surface area (Å²) in [5, 5.41) is 28.3. The van der Waals surface area contributed by atoms with Crippen molar-refractivity contribution in [1.82, 2.24) is 20.9 Å². The van der Waals surface area contributed by atoms with E-state index in [9.17, 15) is 29.4 Å². The fraction of sp³-hybridized carbons (Fsp3) is 0.438. The molecule has 0 aliphatic rings. The predicted molar refractivity (Wildman–Crippen MR) is 164 cm³/mol. The Morgan fingerprint density at radius 1 is 0.860 bits per heavy atom. The number of benzene rings is 2. The van der Waals surface area contributed by atoms with Crippen LogP contribution in [-0.2, 0) is 32.0 Å². The number of carbonyl (C=O) groups is 4. The molecule has 0 bridgehead atoms. The lowest BCUT2D eigenvalue weighted by atomic mass is 9.97. The highest BCUT2D eigenvalue weighted by Gasteiger charge is 2.32. The summed E-state index contributed by atoms with van der Waals surface area (Å²) >= 11 is 0. The van der Waals surface area contributed by atoms with E-state index in [0.717, 1.165) is 22.0 Å². The summed E-state index contributed by atoms with van der Waals surface area (Å²) in [6.07, 6.45) is 2.87. The quantitative estimate of drug-likeness (QED) is 0.141. The van der Waals surface area contributed by atoms with E-state index in [1.807, 2.05) is 45.0 Å². The summed E-state index contributed by atoms with van der Waals surface area (Å²) in [5.74, 6) is -3.12. The number of aliphatic carboxylic acids is 1. The number of carboxylic acid groups (broad SMARTS) is 1. The SMILES string of the molecule is CCC(C)C(NC(=O)C(Cc1c[nH]c2ccccc12)NC(=O)C(CC(C)C)NC(=O)C(N)Cc1ccc(O)cc1)C(=O)O. The summed E-state index contributed by atoms with van der Waals surface area (Å²) in [6, 6.07) is 9.69. The topological polar surface area (TPSA) is 187 Å². The minimum Gasteiger partial charge on any atom is -0.508 e. The van der Waals surface area contributed by atoms with Crippen LogP contribution in [0.15, 0.2) is 54.7 Å². The first-order valence-corrected chi connectivity index (χ1v) is 14.6. The molecule has 3 aromatic rings. The molecule has 232 valence electrons. The second-order valence-corrected chi connectivity index (χ2v) is 11.5. The normalized spacial score (nSPS) is 14.8. The molecule has 11 nitrogen and oxygen atoms in total. The van der Waals surface area contributed by atoms with Crippen LogP contribution in [0, 0.1) is 11.8 Å². The van der Waals surface area contributed by atoms with Crippen LogP contribution in [0.2, 0.25) is 0 Å². The minimum absolute atomic E-state index is 0.0204. The van der Waals surface area contributed by atoms with E-state index in [-0.39, 0.29) is 36.8 Å². The molecule has 0 saturated heterocycles. The van der Waals surface area contributed by atoms with Crippen LogP contribution in [0.3, 0.4) is 0 Å². The second kappa shape index (κ2) is 15.2. The van der Waals surface area contributed by atoms with Crippen molar-refractivity contribution in [3.8, 4) is 5.75 Å². The van der Waals surface area contributed by atoms with Gasteiger partial charge in [-0.25, -0.2) is 4.79 Å². The lowest BCUT2D eigenvalue weighted by Gasteiger charge is -2.27. The van der Waals surface area contributed by atoms with Crippen molar-refractivity contribution in [2.45, 2.75) is 77.5 Å². The van der Waals surface area contributed by atoms with Gasteiger partial charge >= 0.3 is 5.97 Å². The highest BCUT2D eigenvalue weighted by Crippen LogP contribution is 2.20. The zero-order valence-electron chi connectivity index (χ0n) is 25.1. The number of aromatic nitrogens is 1. The molecule has 0 aliphatic carbocycles. The van der Waals surface area contributed by atoms with Gasteiger partial charge in [0.1, 0.15) is 23.9 Å². The first-order chi connectivity index (χ1) is 20.4. The van der Waals surface area contributed by atoms with Crippen LogP contribution in [0.25, 0.3) is 10.9 Å². The van der Waals surface area contributed by atoms with Gasteiger partial charge in [-0.2, -0.15) is 0 Å². The largest absolute Gasteiger partial charge is 0.508 e. The van der Waals surface area contributed by atoms with Crippen LogP contribution in [-0.4, -0.2) is 63.1 Å². The highest BCUT2D eigenvalue weighted by molar-refractivity contribution is 5.95. The predicted octanol–water partition coefficient (Wildman–Crippen LogP) is 2.62. The lowest BCUT2D eigenvalue weighted by molar-refractivity contribution is -0.143. The van der Waals surface area contributed by atoms with E-state index in [1.54, 1.807) is 25.3 Å². The van der Waals surface area contributed by atoms with E-state index in [1.165, 1.54) is 12.1 Å². The molecule has 0 spiro atoms. The average molecular weight is 594 g/mol. The van der Waals surface area contributed by atoms with Gasteiger partial charge in [0, 0.05) is 23.5 Å². The number of hydrogen-bond donors (Lipinski definition) is 7. The minimum atomic E-state index is -1.16. The number of carboxylic acids is 1. The van der Waals surface area contributed by atoms with Gasteiger partial charge < -0.3 is 36.9 Å². The highest BCUT2D eigenvalue weighted by atomic mass is 16.4. The molecule has 5 unspecified atom stereocenters. The van der Waals surface area contributed by atoms with Crippen molar-refractivity contribution in [3.05, 3.63) is 65.9 Å².